The minimum atomic E-state index is -1.00. The molecule has 104 valence electrons. The first kappa shape index (κ1) is 13.2. The van der Waals surface area contributed by atoms with Gasteiger partial charge in [-0.3, -0.25) is 9.59 Å². The Labute approximate surface area is 117 Å². The van der Waals surface area contributed by atoms with Crippen LogP contribution >= 0.6 is 0 Å². The fourth-order valence-corrected chi connectivity index (χ4v) is 3.76. The number of rotatable bonds is 1. The molecule has 0 aliphatic heterocycles. The van der Waals surface area contributed by atoms with Gasteiger partial charge in [-0.2, -0.15) is 0 Å². The molecule has 20 heavy (non-hydrogen) atoms. The van der Waals surface area contributed by atoms with Crippen LogP contribution in [0.2, 0.25) is 0 Å². The number of Topliss-reactive ketones (excluding diaryl/α,β-unsaturated/α-hetero) is 2. The molecule has 0 heterocycles. The third-order valence-corrected chi connectivity index (χ3v) is 5.05. The summed E-state index contributed by atoms with van der Waals surface area (Å²) in [4.78, 5) is 25.1. The van der Waals surface area contributed by atoms with Crippen LogP contribution in [0.25, 0.3) is 0 Å². The monoisotopic (exact) mass is 272 g/mol. The standard InChI is InChI=1S/C17H17FO2/c1-9-6-15-13-5-4-12(18)7-14(13)16(20)17(15,11(3)19)8-10(9)2/h4-5,7,15H,6,8H2,1-3H3/t15-,17+/m0/s1. The van der Waals surface area contributed by atoms with Crippen molar-refractivity contribution in [2.45, 2.75) is 39.5 Å². The van der Waals surface area contributed by atoms with Crippen molar-refractivity contribution in [1.29, 1.82) is 0 Å². The number of hydrogen-bond acceptors (Lipinski definition) is 2. The van der Waals surface area contributed by atoms with Crippen molar-refractivity contribution in [2.24, 2.45) is 5.41 Å². The van der Waals surface area contributed by atoms with E-state index in [1.165, 1.54) is 24.6 Å². The molecule has 0 N–H and O–H groups in total. The number of ketones is 2. The highest BCUT2D eigenvalue weighted by atomic mass is 19.1. The molecular formula is C17H17FO2. The Balaban J connectivity index is 2.26. The molecule has 0 bridgehead atoms. The van der Waals surface area contributed by atoms with E-state index in [0.717, 1.165) is 11.1 Å². The average molecular weight is 272 g/mol. The van der Waals surface area contributed by atoms with Crippen LogP contribution in [0.3, 0.4) is 0 Å². The van der Waals surface area contributed by atoms with Crippen molar-refractivity contribution in [1.82, 2.24) is 0 Å². The molecule has 2 aliphatic rings. The highest BCUT2D eigenvalue weighted by Gasteiger charge is 2.57. The van der Waals surface area contributed by atoms with E-state index in [1.807, 2.05) is 13.8 Å². The number of fused-ring (bicyclic) bond motifs is 3. The number of allylic oxidation sites excluding steroid dienone is 2. The van der Waals surface area contributed by atoms with Crippen LogP contribution in [0, 0.1) is 11.2 Å². The van der Waals surface area contributed by atoms with Crippen LogP contribution in [0.15, 0.2) is 29.3 Å². The summed E-state index contributed by atoms with van der Waals surface area (Å²) in [5.41, 5.74) is 2.57. The molecule has 0 saturated carbocycles. The van der Waals surface area contributed by atoms with E-state index in [-0.39, 0.29) is 17.5 Å². The van der Waals surface area contributed by atoms with E-state index in [9.17, 15) is 14.0 Å². The van der Waals surface area contributed by atoms with Crippen LogP contribution < -0.4 is 0 Å². The van der Waals surface area contributed by atoms with Crippen molar-refractivity contribution in [3.05, 3.63) is 46.3 Å². The van der Waals surface area contributed by atoms with Gasteiger partial charge in [0.2, 0.25) is 0 Å². The second kappa shape index (κ2) is 4.11. The summed E-state index contributed by atoms with van der Waals surface area (Å²) in [5, 5.41) is 0. The number of hydrogen-bond donors (Lipinski definition) is 0. The first-order valence-electron chi connectivity index (χ1n) is 6.88. The molecule has 2 aliphatic carbocycles. The Hall–Kier alpha value is -1.77. The molecule has 2 nitrogen and oxygen atoms in total. The Morgan fingerprint density at radius 1 is 1.30 bits per heavy atom. The maximum absolute atomic E-state index is 13.4. The van der Waals surface area contributed by atoms with Gasteiger partial charge in [-0.05, 0) is 51.3 Å². The lowest BCUT2D eigenvalue weighted by molar-refractivity contribution is -0.125. The molecule has 0 unspecified atom stereocenters. The maximum atomic E-state index is 13.4. The van der Waals surface area contributed by atoms with E-state index in [0.29, 0.717) is 18.4 Å². The zero-order valence-corrected chi connectivity index (χ0v) is 11.9. The Bertz CT molecular complexity index is 672. The normalized spacial score (nSPS) is 28.4. The maximum Gasteiger partial charge on any atom is 0.177 e. The summed E-state index contributed by atoms with van der Waals surface area (Å²) in [6.07, 6.45) is 1.17. The largest absolute Gasteiger partial charge is 0.299 e. The van der Waals surface area contributed by atoms with Gasteiger partial charge in [0.25, 0.3) is 0 Å². The summed E-state index contributed by atoms with van der Waals surface area (Å²) >= 11 is 0. The summed E-state index contributed by atoms with van der Waals surface area (Å²) in [6, 6.07) is 4.33. The molecule has 1 aromatic rings. The number of carbonyl (C=O) groups excluding carboxylic acids is 2. The quantitative estimate of drug-likeness (QED) is 0.575. The molecule has 0 amide bonds. The zero-order valence-electron chi connectivity index (χ0n) is 11.9. The highest BCUT2D eigenvalue weighted by molar-refractivity contribution is 6.18. The molecule has 0 aromatic heterocycles. The molecule has 3 rings (SSSR count). The van der Waals surface area contributed by atoms with Crippen molar-refractivity contribution < 1.29 is 14.0 Å². The van der Waals surface area contributed by atoms with E-state index >= 15 is 0 Å². The Morgan fingerprint density at radius 3 is 2.65 bits per heavy atom. The molecule has 3 heteroatoms. The topological polar surface area (TPSA) is 34.1 Å². The van der Waals surface area contributed by atoms with E-state index < -0.39 is 11.2 Å². The fourth-order valence-electron chi connectivity index (χ4n) is 3.76. The Kier molecular flexibility index (Phi) is 2.72. The van der Waals surface area contributed by atoms with Crippen molar-refractivity contribution in [3.8, 4) is 0 Å². The Morgan fingerprint density at radius 2 is 2.00 bits per heavy atom. The SMILES string of the molecule is CC(=O)[C@]12CC(C)=C(C)C[C@H]1c1ccc(F)cc1C2=O. The summed E-state index contributed by atoms with van der Waals surface area (Å²) in [5.74, 6) is -0.852. The van der Waals surface area contributed by atoms with Crippen molar-refractivity contribution in [2.75, 3.05) is 0 Å². The van der Waals surface area contributed by atoms with Gasteiger partial charge in [-0.25, -0.2) is 4.39 Å². The van der Waals surface area contributed by atoms with Gasteiger partial charge in [-0.1, -0.05) is 17.2 Å². The van der Waals surface area contributed by atoms with Gasteiger partial charge >= 0.3 is 0 Å². The lowest BCUT2D eigenvalue weighted by atomic mass is 9.63. The summed E-state index contributed by atoms with van der Waals surface area (Å²) < 4.78 is 13.4. The van der Waals surface area contributed by atoms with Crippen molar-refractivity contribution in [3.63, 3.8) is 0 Å². The fraction of sp³-hybridized carbons (Fsp3) is 0.412. The molecule has 0 radical (unpaired) electrons. The average Bonchev–Trinajstić information content (AvgIpc) is 2.62. The first-order valence-corrected chi connectivity index (χ1v) is 6.88. The molecule has 0 fully saturated rings. The number of benzene rings is 1. The van der Waals surface area contributed by atoms with E-state index in [1.54, 1.807) is 6.07 Å². The van der Waals surface area contributed by atoms with Gasteiger partial charge in [0.15, 0.2) is 5.78 Å². The highest BCUT2D eigenvalue weighted by Crippen LogP contribution is 2.56. The number of halogens is 1. The molecule has 2 atom stereocenters. The zero-order chi connectivity index (χ0) is 14.7. The van der Waals surface area contributed by atoms with Crippen LogP contribution in [0.4, 0.5) is 4.39 Å². The molecule has 0 saturated heterocycles. The minimum Gasteiger partial charge on any atom is -0.299 e. The minimum absolute atomic E-state index is 0.101. The van der Waals surface area contributed by atoms with Gasteiger partial charge in [-0.15, -0.1) is 0 Å². The van der Waals surface area contributed by atoms with Crippen molar-refractivity contribution >= 4 is 11.6 Å². The third-order valence-electron chi connectivity index (χ3n) is 5.05. The lowest BCUT2D eigenvalue weighted by Crippen LogP contribution is -2.41. The van der Waals surface area contributed by atoms with E-state index in [2.05, 4.69) is 0 Å². The van der Waals surface area contributed by atoms with E-state index in [4.69, 9.17) is 0 Å². The molecular weight excluding hydrogens is 255 g/mol. The predicted octanol–water partition coefficient (Wildman–Crippen LogP) is 3.81. The van der Waals surface area contributed by atoms with Crippen LogP contribution in [-0.2, 0) is 4.79 Å². The first-order chi connectivity index (χ1) is 9.37. The summed E-state index contributed by atoms with van der Waals surface area (Å²) in [6.45, 7) is 5.51. The van der Waals surface area contributed by atoms with Crippen LogP contribution in [-0.4, -0.2) is 11.6 Å². The van der Waals surface area contributed by atoms with Gasteiger partial charge in [0.1, 0.15) is 17.0 Å². The van der Waals surface area contributed by atoms with Gasteiger partial charge in [0, 0.05) is 11.5 Å². The van der Waals surface area contributed by atoms with Crippen LogP contribution in [0.1, 0.15) is 55.5 Å². The molecule has 0 spiro atoms. The number of carbonyl (C=O) groups is 2. The van der Waals surface area contributed by atoms with Gasteiger partial charge in [0.05, 0.1) is 0 Å². The van der Waals surface area contributed by atoms with Gasteiger partial charge < -0.3 is 0 Å². The smallest absolute Gasteiger partial charge is 0.177 e. The predicted molar refractivity (Wildman–Crippen MR) is 74.2 cm³/mol. The lowest BCUT2D eigenvalue weighted by Gasteiger charge is -2.37. The second-order valence-corrected chi connectivity index (χ2v) is 6.08. The van der Waals surface area contributed by atoms with Crippen LogP contribution in [0.5, 0.6) is 0 Å². The molecule has 1 aromatic carbocycles. The second-order valence-electron chi connectivity index (χ2n) is 6.08. The third kappa shape index (κ3) is 1.49. The summed E-state index contributed by atoms with van der Waals surface area (Å²) in [7, 11) is 0.